The molecule has 25 heavy (non-hydrogen) atoms. The van der Waals surface area contributed by atoms with E-state index in [1.165, 1.54) is 4.57 Å². The number of halogens is 1. The Kier molecular flexibility index (Phi) is 4.95. The second kappa shape index (κ2) is 7.15. The molecule has 0 fully saturated rings. The lowest BCUT2D eigenvalue weighted by Crippen LogP contribution is -2.29. The van der Waals surface area contributed by atoms with Crippen LogP contribution in [0.1, 0.15) is 18.9 Å². The molecule has 0 aliphatic carbocycles. The summed E-state index contributed by atoms with van der Waals surface area (Å²) in [5.41, 5.74) is 3.02. The second-order valence-electron chi connectivity index (χ2n) is 6.02. The normalized spacial score (nSPS) is 11.0. The first-order valence-corrected chi connectivity index (χ1v) is 8.63. The van der Waals surface area contributed by atoms with Gasteiger partial charge in [0.2, 0.25) is 5.91 Å². The molecule has 0 bridgehead atoms. The van der Waals surface area contributed by atoms with E-state index in [-0.39, 0.29) is 18.1 Å². The first-order chi connectivity index (χ1) is 12.0. The van der Waals surface area contributed by atoms with Crippen molar-refractivity contribution in [2.75, 3.05) is 5.32 Å². The molecule has 3 aromatic rings. The number of hydrogen-bond donors (Lipinski definition) is 1. The van der Waals surface area contributed by atoms with E-state index in [9.17, 15) is 9.59 Å². The summed E-state index contributed by atoms with van der Waals surface area (Å²) in [6.07, 6.45) is 0.849. The monoisotopic (exact) mass is 357 g/mol. The van der Waals surface area contributed by atoms with E-state index in [4.69, 9.17) is 11.6 Å². The summed E-state index contributed by atoms with van der Waals surface area (Å²) < 4.78 is 3.23. The van der Waals surface area contributed by atoms with Crippen LogP contribution in [-0.4, -0.2) is 15.0 Å². The minimum atomic E-state index is -0.258. The fraction of sp³-hybridized carbons (Fsp3) is 0.263. The predicted molar refractivity (Wildman–Crippen MR) is 101 cm³/mol. The number of aromatic nitrogens is 2. The third-order valence-electron chi connectivity index (χ3n) is 4.15. The highest BCUT2D eigenvalue weighted by Gasteiger charge is 2.15. The number of hydrogen-bond acceptors (Lipinski definition) is 2. The molecule has 2 aromatic carbocycles. The minimum Gasteiger partial charge on any atom is -0.324 e. The zero-order valence-corrected chi connectivity index (χ0v) is 15.0. The molecule has 1 amide bonds. The Balaban J connectivity index is 1.92. The lowest BCUT2D eigenvalue weighted by atomic mass is 10.2. The first-order valence-electron chi connectivity index (χ1n) is 8.25. The zero-order chi connectivity index (χ0) is 18.0. The first kappa shape index (κ1) is 17.3. The highest BCUT2D eigenvalue weighted by atomic mass is 35.5. The topological polar surface area (TPSA) is 56.0 Å². The molecule has 0 saturated carbocycles. The quantitative estimate of drug-likeness (QED) is 0.754. The molecule has 5 nitrogen and oxygen atoms in total. The molecule has 0 saturated heterocycles. The van der Waals surface area contributed by atoms with E-state index in [2.05, 4.69) is 5.32 Å². The van der Waals surface area contributed by atoms with E-state index in [0.29, 0.717) is 17.3 Å². The summed E-state index contributed by atoms with van der Waals surface area (Å²) in [5, 5.41) is 3.39. The molecule has 0 aliphatic rings. The van der Waals surface area contributed by atoms with Crippen LogP contribution in [0.3, 0.4) is 0 Å². The summed E-state index contributed by atoms with van der Waals surface area (Å²) in [5.74, 6) is -0.258. The van der Waals surface area contributed by atoms with Gasteiger partial charge in [-0.3, -0.25) is 13.9 Å². The van der Waals surface area contributed by atoms with Crippen molar-refractivity contribution < 1.29 is 4.79 Å². The van der Waals surface area contributed by atoms with E-state index in [0.717, 1.165) is 23.0 Å². The van der Waals surface area contributed by atoms with Crippen molar-refractivity contribution in [2.24, 2.45) is 0 Å². The van der Waals surface area contributed by atoms with Gasteiger partial charge < -0.3 is 5.32 Å². The highest BCUT2D eigenvalue weighted by Crippen LogP contribution is 2.20. The third kappa shape index (κ3) is 3.46. The van der Waals surface area contributed by atoms with Crippen LogP contribution >= 0.6 is 11.6 Å². The van der Waals surface area contributed by atoms with Crippen LogP contribution in [0.4, 0.5) is 5.69 Å². The van der Waals surface area contributed by atoms with Gasteiger partial charge in [0.15, 0.2) is 0 Å². The second-order valence-corrected chi connectivity index (χ2v) is 6.45. The van der Waals surface area contributed by atoms with Crippen LogP contribution in [0.2, 0.25) is 5.02 Å². The number of benzene rings is 2. The van der Waals surface area contributed by atoms with Crippen LogP contribution in [0, 0.1) is 6.92 Å². The van der Waals surface area contributed by atoms with E-state index >= 15 is 0 Å². The predicted octanol–water partition coefficient (Wildman–Crippen LogP) is 3.81. The maximum absolute atomic E-state index is 12.7. The molecule has 0 aliphatic heterocycles. The maximum Gasteiger partial charge on any atom is 0.329 e. The highest BCUT2D eigenvalue weighted by molar-refractivity contribution is 6.31. The van der Waals surface area contributed by atoms with Crippen molar-refractivity contribution in [3.8, 4) is 0 Å². The molecule has 0 unspecified atom stereocenters. The largest absolute Gasteiger partial charge is 0.329 e. The molecule has 1 heterocycles. The molecule has 130 valence electrons. The summed E-state index contributed by atoms with van der Waals surface area (Å²) in [4.78, 5) is 25.2. The number of amides is 1. The fourth-order valence-electron chi connectivity index (χ4n) is 2.93. The smallest absolute Gasteiger partial charge is 0.324 e. The lowest BCUT2D eigenvalue weighted by molar-refractivity contribution is -0.116. The van der Waals surface area contributed by atoms with E-state index in [1.807, 2.05) is 44.2 Å². The number of nitrogens with one attached hydrogen (secondary N) is 1. The van der Waals surface area contributed by atoms with Gasteiger partial charge in [-0.15, -0.1) is 0 Å². The van der Waals surface area contributed by atoms with Crippen molar-refractivity contribution in [3.05, 3.63) is 63.5 Å². The molecule has 0 radical (unpaired) electrons. The molecular weight excluding hydrogens is 338 g/mol. The summed E-state index contributed by atoms with van der Waals surface area (Å²) in [7, 11) is 0. The molecular formula is C19H20ClN3O2. The number of para-hydroxylation sites is 2. The Morgan fingerprint density at radius 1 is 1.12 bits per heavy atom. The number of carbonyl (C=O) groups is 1. The van der Waals surface area contributed by atoms with Crippen molar-refractivity contribution in [2.45, 2.75) is 33.4 Å². The zero-order valence-electron chi connectivity index (χ0n) is 14.3. The van der Waals surface area contributed by atoms with Gasteiger partial charge in [-0.2, -0.15) is 0 Å². The average molecular weight is 358 g/mol. The van der Waals surface area contributed by atoms with Crippen LogP contribution in [0.5, 0.6) is 0 Å². The van der Waals surface area contributed by atoms with Crippen LogP contribution in [0.25, 0.3) is 11.0 Å². The Bertz CT molecular complexity index is 988. The fourth-order valence-corrected chi connectivity index (χ4v) is 3.10. The van der Waals surface area contributed by atoms with Crippen LogP contribution < -0.4 is 11.0 Å². The van der Waals surface area contributed by atoms with Gasteiger partial charge >= 0.3 is 5.69 Å². The number of carbonyl (C=O) groups excluding carboxylic acids is 1. The lowest BCUT2D eigenvalue weighted by Gasteiger charge is -2.09. The van der Waals surface area contributed by atoms with Gasteiger partial charge in [0.1, 0.15) is 6.54 Å². The van der Waals surface area contributed by atoms with E-state index in [1.54, 1.807) is 16.7 Å². The molecule has 0 spiro atoms. The van der Waals surface area contributed by atoms with Gasteiger partial charge in [0.25, 0.3) is 0 Å². The number of fused-ring (bicyclic) bond motifs is 1. The van der Waals surface area contributed by atoms with E-state index < -0.39 is 0 Å². The number of anilines is 1. The molecule has 3 rings (SSSR count). The van der Waals surface area contributed by atoms with Crippen molar-refractivity contribution in [1.82, 2.24) is 9.13 Å². The summed E-state index contributed by atoms with van der Waals surface area (Å²) in [6.45, 7) is 4.50. The standard InChI is InChI=1S/C19H20ClN3O2/c1-3-10-22-16-6-4-5-7-17(16)23(19(22)25)12-18(24)21-15-11-14(20)9-8-13(15)2/h4-9,11H,3,10,12H2,1-2H3,(H,21,24). The number of rotatable bonds is 5. The van der Waals surface area contributed by atoms with Gasteiger partial charge in [-0.05, 0) is 43.2 Å². The molecule has 1 N–H and O–H groups in total. The number of nitrogens with zero attached hydrogens (tertiary/aromatic N) is 2. The number of aryl methyl sites for hydroxylation is 2. The van der Waals surface area contributed by atoms with Crippen LogP contribution in [-0.2, 0) is 17.9 Å². The number of imidazole rings is 1. The van der Waals surface area contributed by atoms with Gasteiger partial charge in [0.05, 0.1) is 11.0 Å². The maximum atomic E-state index is 12.7. The Labute approximate surface area is 150 Å². The SMILES string of the molecule is CCCn1c(=O)n(CC(=O)Nc2cc(Cl)ccc2C)c2ccccc21. The molecule has 0 atom stereocenters. The van der Waals surface area contributed by atoms with Crippen LogP contribution in [0.15, 0.2) is 47.3 Å². The van der Waals surface area contributed by atoms with Gasteiger partial charge in [-0.25, -0.2) is 4.79 Å². The van der Waals surface area contributed by atoms with Gasteiger partial charge in [0, 0.05) is 17.3 Å². The summed E-state index contributed by atoms with van der Waals surface area (Å²) >= 11 is 5.99. The Morgan fingerprint density at radius 2 is 1.80 bits per heavy atom. The minimum absolute atomic E-state index is 0.0397. The average Bonchev–Trinajstić information content (AvgIpc) is 2.84. The van der Waals surface area contributed by atoms with Crippen molar-refractivity contribution >= 4 is 34.2 Å². The third-order valence-corrected chi connectivity index (χ3v) is 4.38. The van der Waals surface area contributed by atoms with Crippen molar-refractivity contribution in [3.63, 3.8) is 0 Å². The Morgan fingerprint density at radius 3 is 2.48 bits per heavy atom. The summed E-state index contributed by atoms with van der Waals surface area (Å²) in [6, 6.07) is 12.9. The van der Waals surface area contributed by atoms with Crippen molar-refractivity contribution in [1.29, 1.82) is 0 Å². The molecule has 6 heteroatoms. The molecule has 1 aromatic heterocycles. The Hall–Kier alpha value is -2.53. The van der Waals surface area contributed by atoms with Gasteiger partial charge in [-0.1, -0.05) is 36.7 Å².